The van der Waals surface area contributed by atoms with Gasteiger partial charge in [-0.15, -0.1) is 0 Å². The molecule has 2 fully saturated rings. The summed E-state index contributed by atoms with van der Waals surface area (Å²) in [4.78, 5) is 27.8. The van der Waals surface area contributed by atoms with Crippen LogP contribution in [0.5, 0.6) is 0 Å². The molecule has 1 aliphatic heterocycles. The summed E-state index contributed by atoms with van der Waals surface area (Å²) in [6.07, 6.45) is 8.98. The lowest BCUT2D eigenvalue weighted by Crippen LogP contribution is -2.47. The minimum absolute atomic E-state index is 0.0277. The third kappa shape index (κ3) is 8.46. The molecule has 1 N–H and O–H groups in total. The Morgan fingerprint density at radius 2 is 1.88 bits per heavy atom. The largest absolute Gasteiger partial charge is 0.461 e. The number of rotatable bonds is 12. The number of carbonyl (C=O) groups is 2. The van der Waals surface area contributed by atoms with Gasteiger partial charge in [-0.25, -0.2) is 9.59 Å². The second-order valence-electron chi connectivity index (χ2n) is 8.05. The Bertz CT molecular complexity index is 712. The summed E-state index contributed by atoms with van der Waals surface area (Å²) >= 11 is 0. The third-order valence-electron chi connectivity index (χ3n) is 5.59. The van der Waals surface area contributed by atoms with E-state index in [2.05, 4.69) is 10.3 Å². The van der Waals surface area contributed by atoms with Crippen LogP contribution in [0.4, 0.5) is 4.79 Å². The summed E-state index contributed by atoms with van der Waals surface area (Å²) in [6, 6.07) is 3.37. The molecule has 0 radical (unpaired) electrons. The van der Waals surface area contributed by atoms with Gasteiger partial charge in [0.05, 0.1) is 5.56 Å². The van der Waals surface area contributed by atoms with Gasteiger partial charge in [-0.1, -0.05) is 40.9 Å². The lowest BCUT2D eigenvalue weighted by Gasteiger charge is -2.43. The monoisotopic (exact) mass is 484 g/mol. The highest BCUT2D eigenvalue weighted by atomic mass is 33.1. The minimum atomic E-state index is -0.380. The van der Waals surface area contributed by atoms with Gasteiger partial charge in [0.25, 0.3) is 0 Å². The van der Waals surface area contributed by atoms with Crippen molar-refractivity contribution in [2.75, 3.05) is 31.3 Å². The van der Waals surface area contributed by atoms with Gasteiger partial charge in [-0.3, -0.25) is 4.98 Å². The van der Waals surface area contributed by atoms with Gasteiger partial charge in [0, 0.05) is 36.9 Å². The molecule has 0 unspecified atom stereocenters. The minimum Gasteiger partial charge on any atom is -0.461 e. The molecule has 10 heteroatoms. The fraction of sp³-hybridized carbons (Fsp3) is 0.682. The lowest BCUT2D eigenvalue weighted by molar-refractivity contribution is -0.383. The van der Waals surface area contributed by atoms with Crippen LogP contribution in [-0.2, 0) is 18.9 Å². The summed E-state index contributed by atoms with van der Waals surface area (Å²) in [7, 11) is 3.16. The van der Waals surface area contributed by atoms with Crippen LogP contribution in [0.3, 0.4) is 0 Å². The van der Waals surface area contributed by atoms with E-state index in [-0.39, 0.29) is 30.1 Å². The van der Waals surface area contributed by atoms with Gasteiger partial charge in [0.2, 0.25) is 0 Å². The fourth-order valence-corrected chi connectivity index (χ4v) is 5.63. The molecule has 3 rings (SSSR count). The van der Waals surface area contributed by atoms with E-state index in [0.29, 0.717) is 36.8 Å². The topological polar surface area (TPSA) is 96.0 Å². The van der Waals surface area contributed by atoms with E-state index in [1.165, 1.54) is 25.5 Å². The van der Waals surface area contributed by atoms with Crippen molar-refractivity contribution >= 4 is 33.7 Å². The summed E-state index contributed by atoms with van der Waals surface area (Å²) in [5.41, 5.74) is 0.474. The molecule has 1 saturated heterocycles. The second-order valence-corrected chi connectivity index (χ2v) is 10.7. The second kappa shape index (κ2) is 13.3. The average molecular weight is 485 g/mol. The van der Waals surface area contributed by atoms with E-state index in [0.717, 1.165) is 19.3 Å². The van der Waals surface area contributed by atoms with Gasteiger partial charge in [-0.05, 0) is 37.3 Å². The molecule has 2 aliphatic rings. The highest BCUT2D eigenvalue weighted by Gasteiger charge is 2.39. The van der Waals surface area contributed by atoms with Crippen molar-refractivity contribution in [2.24, 2.45) is 5.41 Å². The van der Waals surface area contributed by atoms with Gasteiger partial charge in [-0.2, -0.15) is 0 Å². The van der Waals surface area contributed by atoms with Crippen LogP contribution in [0.1, 0.15) is 55.8 Å². The molecular weight excluding hydrogens is 452 g/mol. The maximum Gasteiger partial charge on any atom is 0.407 e. The zero-order valence-electron chi connectivity index (χ0n) is 18.5. The first-order chi connectivity index (χ1) is 15.6. The highest BCUT2D eigenvalue weighted by molar-refractivity contribution is 8.76. The van der Waals surface area contributed by atoms with Crippen molar-refractivity contribution in [1.29, 1.82) is 0 Å². The van der Waals surface area contributed by atoms with E-state index in [9.17, 15) is 9.59 Å². The van der Waals surface area contributed by atoms with Crippen molar-refractivity contribution in [3.05, 3.63) is 30.1 Å². The van der Waals surface area contributed by atoms with Crippen LogP contribution >= 0.6 is 21.6 Å². The number of ether oxygens (including phenoxy) is 4. The molecule has 1 amide bonds. The normalized spacial score (nSPS) is 21.9. The molecule has 2 heterocycles. The predicted octanol–water partition coefficient (Wildman–Crippen LogP) is 4.41. The van der Waals surface area contributed by atoms with Gasteiger partial charge in [0.15, 0.2) is 12.6 Å². The van der Waals surface area contributed by atoms with Crippen LogP contribution in [0.25, 0.3) is 0 Å². The Hall–Kier alpha value is -1.49. The fourth-order valence-electron chi connectivity index (χ4n) is 3.97. The number of amides is 1. The van der Waals surface area contributed by atoms with E-state index < -0.39 is 0 Å². The lowest BCUT2D eigenvalue weighted by atomic mass is 9.71. The zero-order valence-corrected chi connectivity index (χ0v) is 20.1. The standard InChI is InChI=1S/C22H32N2O6S2/c1-17-29-19(30-17)14-22(7-3-2-4-8-22)16-24-21(26)28-11-13-32-31-12-10-27-20(25)18-6-5-9-23-15-18/h5-6,9,15,17,19H,2-4,7-8,10-14,16H2,1H3,(H,24,26). The summed E-state index contributed by atoms with van der Waals surface area (Å²) in [5, 5.41) is 2.95. The van der Waals surface area contributed by atoms with Crippen molar-refractivity contribution in [3.63, 3.8) is 0 Å². The van der Waals surface area contributed by atoms with Crippen molar-refractivity contribution in [1.82, 2.24) is 10.3 Å². The number of aromatic nitrogens is 1. The van der Waals surface area contributed by atoms with Gasteiger partial charge in [0.1, 0.15) is 13.2 Å². The van der Waals surface area contributed by atoms with Crippen molar-refractivity contribution < 1.29 is 28.5 Å². The molecule has 0 atom stereocenters. The Morgan fingerprint density at radius 1 is 1.16 bits per heavy atom. The Kier molecular flexibility index (Phi) is 10.4. The molecule has 32 heavy (non-hydrogen) atoms. The van der Waals surface area contributed by atoms with Crippen molar-refractivity contribution in [2.45, 2.75) is 58.0 Å². The van der Waals surface area contributed by atoms with Crippen LogP contribution in [0.15, 0.2) is 24.5 Å². The van der Waals surface area contributed by atoms with E-state index in [1.807, 2.05) is 6.92 Å². The molecular formula is C22H32N2O6S2. The SMILES string of the molecule is CC1OC(CC2(CNC(=O)OCCSSCCOC(=O)c3cccnc3)CCCCC2)O1. The number of nitrogens with zero attached hydrogens (tertiary/aromatic N) is 1. The van der Waals surface area contributed by atoms with Crippen LogP contribution < -0.4 is 5.32 Å². The molecule has 1 aromatic rings. The number of hydrogen-bond donors (Lipinski definition) is 1. The van der Waals surface area contributed by atoms with Gasteiger partial charge < -0.3 is 24.3 Å². The van der Waals surface area contributed by atoms with E-state index >= 15 is 0 Å². The molecule has 1 aromatic heterocycles. The third-order valence-corrected chi connectivity index (χ3v) is 7.92. The maximum atomic E-state index is 12.1. The quantitative estimate of drug-likeness (QED) is 0.263. The molecule has 0 bridgehead atoms. The Morgan fingerprint density at radius 3 is 2.53 bits per heavy atom. The van der Waals surface area contributed by atoms with Crippen LogP contribution in [-0.4, -0.2) is 60.9 Å². The van der Waals surface area contributed by atoms with E-state index in [1.54, 1.807) is 39.9 Å². The van der Waals surface area contributed by atoms with Crippen LogP contribution in [0.2, 0.25) is 0 Å². The molecule has 8 nitrogen and oxygen atoms in total. The number of carbonyl (C=O) groups excluding carboxylic acids is 2. The number of alkyl carbamates (subject to hydrolysis) is 1. The highest BCUT2D eigenvalue weighted by Crippen LogP contribution is 2.42. The van der Waals surface area contributed by atoms with Crippen LogP contribution in [0, 0.1) is 5.41 Å². The first-order valence-electron chi connectivity index (χ1n) is 11.1. The molecule has 1 saturated carbocycles. The summed E-state index contributed by atoms with van der Waals surface area (Å²) in [5.74, 6) is 0.959. The Balaban J connectivity index is 1.21. The first kappa shape index (κ1) is 25.1. The van der Waals surface area contributed by atoms with Gasteiger partial charge >= 0.3 is 12.1 Å². The summed E-state index contributed by atoms with van der Waals surface area (Å²) < 4.78 is 21.7. The number of hydrogen-bond acceptors (Lipinski definition) is 9. The van der Waals surface area contributed by atoms with Crippen molar-refractivity contribution in [3.8, 4) is 0 Å². The molecule has 0 spiro atoms. The Labute approximate surface area is 197 Å². The summed E-state index contributed by atoms with van der Waals surface area (Å²) in [6.45, 7) is 3.14. The number of esters is 1. The van der Waals surface area contributed by atoms with E-state index in [4.69, 9.17) is 18.9 Å². The first-order valence-corrected chi connectivity index (χ1v) is 13.6. The zero-order chi connectivity index (χ0) is 22.7. The molecule has 1 aliphatic carbocycles. The number of pyridine rings is 1. The maximum absolute atomic E-state index is 12.1. The predicted molar refractivity (Wildman–Crippen MR) is 124 cm³/mol. The molecule has 0 aromatic carbocycles. The molecule has 178 valence electrons. The average Bonchev–Trinajstić information content (AvgIpc) is 2.79. The smallest absolute Gasteiger partial charge is 0.407 e. The number of nitrogens with one attached hydrogen (secondary N) is 1.